The topological polar surface area (TPSA) is 84.8 Å². The predicted molar refractivity (Wildman–Crippen MR) is 142 cm³/mol. The largest absolute Gasteiger partial charge is 0.349 e. The molecule has 1 amide bonds. The van der Waals surface area contributed by atoms with Gasteiger partial charge in [-0.05, 0) is 68.1 Å². The first-order valence-corrected chi connectivity index (χ1v) is 11.9. The number of nitriles is 1. The van der Waals surface area contributed by atoms with E-state index in [0.717, 1.165) is 66.8 Å². The van der Waals surface area contributed by atoms with Gasteiger partial charge in [0.25, 0.3) is 5.91 Å². The minimum absolute atomic E-state index is 0. The number of nitrogens with zero attached hydrogens (tertiary/aromatic N) is 3. The molecule has 0 spiro atoms. The fraction of sp³-hybridized carbons (Fsp3) is 0.320. The van der Waals surface area contributed by atoms with Gasteiger partial charge in [-0.3, -0.25) is 9.89 Å². The van der Waals surface area contributed by atoms with Gasteiger partial charge in [0.05, 0.1) is 27.7 Å². The zero-order valence-corrected chi connectivity index (χ0v) is 21.1. The number of aromatic amines is 1. The lowest BCUT2D eigenvalue weighted by atomic mass is 10.0. The number of hydrogen-bond donors (Lipinski definition) is 2. The number of piperidine rings is 1. The molecule has 9 heteroatoms. The standard InChI is InChI=1S/C25H25N5OS.2ClH/c26-16-18-8-6-17(7-9-18)3-2-12-30-13-10-19(11-14-30)27-25(31)23-15-21-24-20(28-29-21)4-1-5-22(24)32-23;;/h1,4-9,15,19H,2-3,10-14H2,(H,27,31)(H,28,29);2*1H. The molecule has 2 aromatic carbocycles. The number of aromatic nitrogens is 2. The number of carbonyl (C=O) groups excluding carboxylic acids is 1. The van der Waals surface area contributed by atoms with Gasteiger partial charge in [-0.1, -0.05) is 30.0 Å². The van der Waals surface area contributed by atoms with E-state index >= 15 is 0 Å². The Labute approximate surface area is 216 Å². The normalized spacial score (nSPS) is 15.6. The van der Waals surface area contributed by atoms with Gasteiger partial charge in [0, 0.05) is 29.4 Å². The van der Waals surface area contributed by atoms with Crippen LogP contribution in [0.4, 0.5) is 0 Å². The van der Waals surface area contributed by atoms with Gasteiger partial charge in [0.15, 0.2) is 0 Å². The molecular formula is C25H27Cl2N5OS. The second kappa shape index (κ2) is 11.8. The predicted octanol–water partition coefficient (Wildman–Crippen LogP) is 4.94. The lowest BCUT2D eigenvalue weighted by Crippen LogP contribution is -2.45. The summed E-state index contributed by atoms with van der Waals surface area (Å²) >= 11 is 1.52. The van der Waals surface area contributed by atoms with Crippen LogP contribution in [0.2, 0.25) is 0 Å². The van der Waals surface area contributed by atoms with E-state index in [1.807, 2.05) is 48.5 Å². The number of H-pyrrole nitrogens is 1. The molecule has 6 nitrogen and oxygen atoms in total. The van der Waals surface area contributed by atoms with Gasteiger partial charge in [0.2, 0.25) is 0 Å². The van der Waals surface area contributed by atoms with E-state index in [2.05, 4.69) is 26.5 Å². The third-order valence-electron chi connectivity index (χ3n) is 6.24. The first-order valence-electron chi connectivity index (χ1n) is 11.1. The Kier molecular flexibility index (Phi) is 9.03. The summed E-state index contributed by atoms with van der Waals surface area (Å²) in [6.07, 6.45) is 5.97. The van der Waals surface area contributed by atoms with E-state index in [1.165, 1.54) is 17.3 Å². The summed E-state index contributed by atoms with van der Waals surface area (Å²) in [5.74, 6) is -0.0000750. The lowest BCUT2D eigenvalue weighted by Gasteiger charge is -2.32. The van der Waals surface area contributed by atoms with Gasteiger partial charge in [-0.25, -0.2) is 0 Å². The molecule has 3 heterocycles. The highest BCUT2D eigenvalue weighted by molar-refractivity contribution is 8.04. The van der Waals surface area contributed by atoms with Crippen LogP contribution in [0.25, 0.3) is 17.0 Å². The van der Waals surface area contributed by atoms with Crippen LogP contribution in [0.3, 0.4) is 0 Å². The summed E-state index contributed by atoms with van der Waals surface area (Å²) in [6.45, 7) is 3.08. The van der Waals surface area contributed by atoms with Gasteiger partial charge >= 0.3 is 0 Å². The zero-order chi connectivity index (χ0) is 21.9. The highest BCUT2D eigenvalue weighted by Crippen LogP contribution is 2.39. The van der Waals surface area contributed by atoms with Crippen LogP contribution < -0.4 is 5.32 Å². The fourth-order valence-electron chi connectivity index (χ4n) is 4.45. The Morgan fingerprint density at radius 3 is 2.68 bits per heavy atom. The van der Waals surface area contributed by atoms with Gasteiger partial charge in [-0.15, -0.1) is 24.8 Å². The molecular weight excluding hydrogens is 489 g/mol. The van der Waals surface area contributed by atoms with E-state index in [4.69, 9.17) is 5.26 Å². The van der Waals surface area contributed by atoms with Crippen LogP contribution in [0.1, 0.15) is 36.1 Å². The maximum Gasteiger partial charge on any atom is 0.258 e. The van der Waals surface area contributed by atoms with Crippen molar-refractivity contribution in [2.75, 3.05) is 19.6 Å². The summed E-state index contributed by atoms with van der Waals surface area (Å²) in [6, 6.07) is 16.3. The van der Waals surface area contributed by atoms with Crippen molar-refractivity contribution in [3.63, 3.8) is 0 Å². The van der Waals surface area contributed by atoms with Crippen LogP contribution in [0.15, 0.2) is 52.3 Å². The number of carbonyl (C=O) groups is 1. The molecule has 5 rings (SSSR count). The SMILES string of the molecule is Cl.Cl.N#Cc1ccc(CCCN2CCC(NC(=O)C3=Cc4n[nH]c5cccc(c45)S3)CC2)cc1. The highest BCUT2D eigenvalue weighted by atomic mass is 35.5. The molecule has 1 fully saturated rings. The number of benzene rings is 2. The molecule has 3 aromatic rings. The number of nitrogens with one attached hydrogen (secondary N) is 2. The number of rotatable bonds is 6. The van der Waals surface area contributed by atoms with Crippen molar-refractivity contribution in [1.82, 2.24) is 20.4 Å². The molecule has 1 aromatic heterocycles. The third-order valence-corrected chi connectivity index (χ3v) is 7.32. The Morgan fingerprint density at radius 1 is 1.18 bits per heavy atom. The maximum atomic E-state index is 12.9. The molecule has 1 saturated heterocycles. The van der Waals surface area contributed by atoms with Crippen molar-refractivity contribution in [3.05, 3.63) is 64.2 Å². The average Bonchev–Trinajstić information content (AvgIpc) is 3.25. The lowest BCUT2D eigenvalue weighted by molar-refractivity contribution is -0.117. The van der Waals surface area contributed by atoms with E-state index in [0.29, 0.717) is 10.5 Å². The number of hydrogen-bond acceptors (Lipinski definition) is 5. The van der Waals surface area contributed by atoms with E-state index < -0.39 is 0 Å². The summed E-state index contributed by atoms with van der Waals surface area (Å²) in [7, 11) is 0. The number of halogens is 2. The molecule has 0 radical (unpaired) electrons. The second-order valence-corrected chi connectivity index (χ2v) is 9.48. The minimum atomic E-state index is -0.0000750. The van der Waals surface area contributed by atoms with E-state index in [9.17, 15) is 4.79 Å². The first kappa shape index (κ1) is 26.1. The Morgan fingerprint density at radius 2 is 1.94 bits per heavy atom. The summed E-state index contributed by atoms with van der Waals surface area (Å²) in [5.41, 5.74) is 3.84. The summed E-state index contributed by atoms with van der Waals surface area (Å²) in [4.78, 5) is 17.2. The molecule has 178 valence electrons. The van der Waals surface area contributed by atoms with Crippen LogP contribution in [0.5, 0.6) is 0 Å². The van der Waals surface area contributed by atoms with Gasteiger partial charge < -0.3 is 10.2 Å². The monoisotopic (exact) mass is 515 g/mol. The van der Waals surface area contributed by atoms with Crippen molar-refractivity contribution in [2.24, 2.45) is 0 Å². The average molecular weight is 516 g/mol. The molecule has 2 aliphatic rings. The van der Waals surface area contributed by atoms with Gasteiger partial charge in [-0.2, -0.15) is 10.4 Å². The Bertz CT molecular complexity index is 1210. The molecule has 2 aliphatic heterocycles. The summed E-state index contributed by atoms with van der Waals surface area (Å²) in [5, 5.41) is 20.6. The Balaban J connectivity index is 0.00000162. The molecule has 34 heavy (non-hydrogen) atoms. The molecule has 2 N–H and O–H groups in total. The number of thioether (sulfide) groups is 1. The van der Waals surface area contributed by atoms with E-state index in [-0.39, 0.29) is 36.8 Å². The molecule has 0 aliphatic carbocycles. The smallest absolute Gasteiger partial charge is 0.258 e. The van der Waals surface area contributed by atoms with Crippen LogP contribution in [0, 0.1) is 11.3 Å². The van der Waals surface area contributed by atoms with Crippen molar-refractivity contribution in [1.29, 1.82) is 5.26 Å². The molecule has 0 bridgehead atoms. The molecule has 0 atom stereocenters. The van der Waals surface area contributed by atoms with Crippen molar-refractivity contribution >= 4 is 59.5 Å². The molecule has 0 unspecified atom stereocenters. The van der Waals surface area contributed by atoms with Crippen LogP contribution in [-0.2, 0) is 11.2 Å². The summed E-state index contributed by atoms with van der Waals surface area (Å²) < 4.78 is 0. The Hall–Kier alpha value is -2.50. The van der Waals surface area contributed by atoms with Crippen molar-refractivity contribution in [3.8, 4) is 6.07 Å². The number of amides is 1. The maximum absolute atomic E-state index is 12.9. The second-order valence-electron chi connectivity index (χ2n) is 8.40. The quantitative estimate of drug-likeness (QED) is 0.485. The van der Waals surface area contributed by atoms with Crippen molar-refractivity contribution in [2.45, 2.75) is 36.6 Å². The molecule has 0 saturated carbocycles. The zero-order valence-electron chi connectivity index (χ0n) is 18.6. The van der Waals surface area contributed by atoms with Crippen LogP contribution in [-0.4, -0.2) is 46.7 Å². The first-order chi connectivity index (χ1) is 15.7. The number of likely N-dealkylation sites (tertiary alicyclic amines) is 1. The highest BCUT2D eigenvalue weighted by Gasteiger charge is 2.25. The minimum Gasteiger partial charge on any atom is -0.349 e. The van der Waals surface area contributed by atoms with E-state index in [1.54, 1.807) is 0 Å². The third kappa shape index (κ3) is 5.76. The number of aryl methyl sites for hydroxylation is 1. The fourth-order valence-corrected chi connectivity index (χ4v) is 5.47. The van der Waals surface area contributed by atoms with Gasteiger partial charge in [0.1, 0.15) is 0 Å². The van der Waals surface area contributed by atoms with Crippen molar-refractivity contribution < 1.29 is 4.79 Å². The van der Waals surface area contributed by atoms with Crippen LogP contribution >= 0.6 is 36.6 Å².